The summed E-state index contributed by atoms with van der Waals surface area (Å²) in [5, 5.41) is 4.12. The van der Waals surface area contributed by atoms with Crippen molar-refractivity contribution < 1.29 is 9.47 Å². The highest BCUT2D eigenvalue weighted by molar-refractivity contribution is 7.17. The third-order valence-electron chi connectivity index (χ3n) is 5.79. The van der Waals surface area contributed by atoms with E-state index in [0.29, 0.717) is 12.4 Å². The second-order valence-electron chi connectivity index (χ2n) is 7.99. The van der Waals surface area contributed by atoms with Gasteiger partial charge in [-0.25, -0.2) is 4.98 Å². The number of rotatable bonds is 5. The van der Waals surface area contributed by atoms with E-state index in [1.165, 1.54) is 0 Å². The molecular formula is C26H22N4O2S. The Hall–Kier alpha value is -3.39. The monoisotopic (exact) mass is 454 g/mol. The number of thiophene rings is 1. The summed E-state index contributed by atoms with van der Waals surface area (Å²) in [5.41, 5.74) is 3.15. The standard InChI is InChI=1S/C26H22N4O2S/c1-2-5-18(6-3-1)21-17-33-26-24(21)25(28-23(29-26)16-30-11-13-31-14-12-30)32-20-8-9-22-19(15-20)7-4-10-27-22/h1-10,15,17H,11-14,16H2. The second kappa shape index (κ2) is 8.86. The first-order valence-electron chi connectivity index (χ1n) is 11.0. The Kier molecular flexibility index (Phi) is 5.43. The molecule has 164 valence electrons. The number of fused-ring (bicyclic) bond motifs is 2. The summed E-state index contributed by atoms with van der Waals surface area (Å²) in [6.45, 7) is 3.93. The summed E-state index contributed by atoms with van der Waals surface area (Å²) in [6.07, 6.45) is 1.80. The molecule has 1 aliphatic heterocycles. The van der Waals surface area contributed by atoms with E-state index in [4.69, 9.17) is 19.4 Å². The highest BCUT2D eigenvalue weighted by Crippen LogP contribution is 2.39. The van der Waals surface area contributed by atoms with Gasteiger partial charge < -0.3 is 9.47 Å². The van der Waals surface area contributed by atoms with Crippen LogP contribution in [0.15, 0.2) is 72.2 Å². The maximum Gasteiger partial charge on any atom is 0.232 e. The van der Waals surface area contributed by atoms with Gasteiger partial charge in [-0.3, -0.25) is 9.88 Å². The minimum Gasteiger partial charge on any atom is -0.438 e. The zero-order chi connectivity index (χ0) is 22.0. The first-order chi connectivity index (χ1) is 16.3. The van der Waals surface area contributed by atoms with Gasteiger partial charge in [-0.15, -0.1) is 11.3 Å². The van der Waals surface area contributed by atoms with Crippen LogP contribution in [-0.2, 0) is 11.3 Å². The van der Waals surface area contributed by atoms with Crippen LogP contribution in [0, 0.1) is 0 Å². The molecule has 33 heavy (non-hydrogen) atoms. The Bertz CT molecular complexity index is 1410. The summed E-state index contributed by atoms with van der Waals surface area (Å²) in [5.74, 6) is 2.09. The summed E-state index contributed by atoms with van der Waals surface area (Å²) in [7, 11) is 0. The fraction of sp³-hybridized carbons (Fsp3) is 0.192. The Labute approximate surface area is 195 Å². The zero-order valence-corrected chi connectivity index (χ0v) is 18.8. The Morgan fingerprint density at radius 2 is 1.85 bits per heavy atom. The van der Waals surface area contributed by atoms with Gasteiger partial charge >= 0.3 is 0 Å². The fourth-order valence-electron chi connectivity index (χ4n) is 4.11. The number of nitrogens with zero attached hydrogens (tertiary/aromatic N) is 4. The van der Waals surface area contributed by atoms with E-state index in [1.807, 2.05) is 48.5 Å². The summed E-state index contributed by atoms with van der Waals surface area (Å²) < 4.78 is 11.9. The number of benzene rings is 2. The third kappa shape index (κ3) is 4.18. The predicted molar refractivity (Wildman–Crippen MR) is 131 cm³/mol. The molecule has 0 amide bonds. The maximum atomic E-state index is 6.43. The smallest absolute Gasteiger partial charge is 0.232 e. The Balaban J connectivity index is 1.44. The number of aromatic nitrogens is 3. The molecule has 0 radical (unpaired) electrons. The molecule has 0 N–H and O–H groups in total. The average Bonchev–Trinajstić information content (AvgIpc) is 3.29. The van der Waals surface area contributed by atoms with Gasteiger partial charge in [0.25, 0.3) is 0 Å². The lowest BCUT2D eigenvalue weighted by molar-refractivity contribution is 0.0330. The van der Waals surface area contributed by atoms with Crippen LogP contribution in [0.25, 0.3) is 32.2 Å². The summed E-state index contributed by atoms with van der Waals surface area (Å²) in [4.78, 5) is 17.5. The van der Waals surface area contributed by atoms with Gasteiger partial charge in [0.15, 0.2) is 0 Å². The molecular weight excluding hydrogens is 432 g/mol. The van der Waals surface area contributed by atoms with Crippen LogP contribution in [0.3, 0.4) is 0 Å². The normalized spacial score (nSPS) is 14.7. The average molecular weight is 455 g/mol. The molecule has 7 heteroatoms. The molecule has 0 bridgehead atoms. The van der Waals surface area contributed by atoms with Gasteiger partial charge in [0.05, 0.1) is 30.7 Å². The summed E-state index contributed by atoms with van der Waals surface area (Å²) >= 11 is 1.63. The molecule has 4 heterocycles. The van der Waals surface area contributed by atoms with Gasteiger partial charge in [0, 0.05) is 35.6 Å². The highest BCUT2D eigenvalue weighted by atomic mass is 32.1. The largest absolute Gasteiger partial charge is 0.438 e. The molecule has 1 aliphatic rings. The topological polar surface area (TPSA) is 60.4 Å². The minimum absolute atomic E-state index is 0.589. The zero-order valence-electron chi connectivity index (χ0n) is 18.0. The van der Waals surface area contributed by atoms with Gasteiger partial charge in [0.2, 0.25) is 5.88 Å². The van der Waals surface area contributed by atoms with Crippen molar-refractivity contribution in [1.29, 1.82) is 0 Å². The molecule has 1 saturated heterocycles. The van der Waals surface area contributed by atoms with Crippen LogP contribution in [0.4, 0.5) is 0 Å². The van der Waals surface area contributed by atoms with E-state index in [2.05, 4.69) is 27.4 Å². The van der Waals surface area contributed by atoms with Crippen molar-refractivity contribution in [2.75, 3.05) is 26.3 Å². The molecule has 1 fully saturated rings. The molecule has 0 unspecified atom stereocenters. The maximum absolute atomic E-state index is 6.43. The van der Waals surface area contributed by atoms with E-state index < -0.39 is 0 Å². The number of pyridine rings is 1. The van der Waals surface area contributed by atoms with Crippen molar-refractivity contribution in [1.82, 2.24) is 19.9 Å². The third-order valence-corrected chi connectivity index (χ3v) is 6.66. The lowest BCUT2D eigenvalue weighted by Crippen LogP contribution is -2.36. The number of hydrogen-bond acceptors (Lipinski definition) is 7. The Morgan fingerprint density at radius 3 is 2.73 bits per heavy atom. The van der Waals surface area contributed by atoms with Crippen molar-refractivity contribution in [3.8, 4) is 22.8 Å². The quantitative estimate of drug-likeness (QED) is 0.348. The fourth-order valence-corrected chi connectivity index (χ4v) is 5.07. The SMILES string of the molecule is c1ccc(-c2csc3nc(CN4CCOCC4)nc(Oc4ccc5ncccc5c4)c23)cc1. The van der Waals surface area contributed by atoms with Crippen LogP contribution in [0.1, 0.15) is 5.82 Å². The number of hydrogen-bond donors (Lipinski definition) is 0. The van der Waals surface area contributed by atoms with Crippen LogP contribution >= 0.6 is 11.3 Å². The molecule has 2 aromatic carbocycles. The van der Waals surface area contributed by atoms with Crippen LogP contribution in [0.5, 0.6) is 11.6 Å². The molecule has 5 aromatic rings. The van der Waals surface area contributed by atoms with Crippen LogP contribution in [0.2, 0.25) is 0 Å². The molecule has 6 nitrogen and oxygen atoms in total. The van der Waals surface area contributed by atoms with Crippen molar-refractivity contribution in [2.24, 2.45) is 0 Å². The van der Waals surface area contributed by atoms with E-state index in [0.717, 1.165) is 70.1 Å². The van der Waals surface area contributed by atoms with Crippen molar-refractivity contribution in [3.05, 3.63) is 78.1 Å². The van der Waals surface area contributed by atoms with Crippen LogP contribution in [-0.4, -0.2) is 46.2 Å². The molecule has 0 spiro atoms. The van der Waals surface area contributed by atoms with Gasteiger partial charge in [-0.1, -0.05) is 36.4 Å². The molecule has 3 aromatic heterocycles. The highest BCUT2D eigenvalue weighted by Gasteiger charge is 2.19. The lowest BCUT2D eigenvalue weighted by atomic mass is 10.1. The molecule has 0 saturated carbocycles. The number of ether oxygens (including phenoxy) is 2. The summed E-state index contributed by atoms with van der Waals surface area (Å²) in [6, 6.07) is 20.2. The van der Waals surface area contributed by atoms with Crippen molar-refractivity contribution >= 4 is 32.5 Å². The lowest BCUT2D eigenvalue weighted by Gasteiger charge is -2.25. The molecule has 0 aliphatic carbocycles. The van der Waals surface area contributed by atoms with E-state index in [-0.39, 0.29) is 0 Å². The minimum atomic E-state index is 0.589. The Morgan fingerprint density at radius 1 is 0.970 bits per heavy atom. The first kappa shape index (κ1) is 20.2. The van der Waals surface area contributed by atoms with Gasteiger partial charge in [-0.2, -0.15) is 4.98 Å². The predicted octanol–water partition coefficient (Wildman–Crippen LogP) is 5.53. The van der Waals surface area contributed by atoms with E-state index in [9.17, 15) is 0 Å². The van der Waals surface area contributed by atoms with E-state index >= 15 is 0 Å². The number of morpholine rings is 1. The van der Waals surface area contributed by atoms with E-state index in [1.54, 1.807) is 17.5 Å². The van der Waals surface area contributed by atoms with Gasteiger partial charge in [0.1, 0.15) is 16.4 Å². The van der Waals surface area contributed by atoms with Crippen molar-refractivity contribution in [2.45, 2.75) is 6.54 Å². The van der Waals surface area contributed by atoms with Crippen LogP contribution < -0.4 is 4.74 Å². The molecule has 6 rings (SSSR count). The van der Waals surface area contributed by atoms with Crippen molar-refractivity contribution in [3.63, 3.8) is 0 Å². The first-order valence-corrected chi connectivity index (χ1v) is 11.9. The van der Waals surface area contributed by atoms with Gasteiger partial charge in [-0.05, 0) is 29.8 Å². The molecule has 0 atom stereocenters. The second-order valence-corrected chi connectivity index (χ2v) is 8.85.